The van der Waals surface area contributed by atoms with Crippen molar-refractivity contribution in [3.05, 3.63) is 71.8 Å². The van der Waals surface area contributed by atoms with Gasteiger partial charge in [-0.3, -0.25) is 0 Å². The molecular formula is C20H28N4. The number of allylic oxidation sites excluding steroid dienone is 5. The summed E-state index contributed by atoms with van der Waals surface area (Å²) < 4.78 is 0. The molecule has 0 aromatic heterocycles. The second kappa shape index (κ2) is 8.79. The summed E-state index contributed by atoms with van der Waals surface area (Å²) in [4.78, 5) is 0. The minimum atomic E-state index is -0.342. The fourth-order valence-corrected chi connectivity index (χ4v) is 2.23. The van der Waals surface area contributed by atoms with Crippen LogP contribution in [0.15, 0.2) is 55.8 Å². The van der Waals surface area contributed by atoms with E-state index >= 15 is 0 Å². The van der Waals surface area contributed by atoms with Gasteiger partial charge in [0.2, 0.25) is 0 Å². The molecule has 0 aliphatic carbocycles. The first-order valence-corrected chi connectivity index (χ1v) is 7.79. The predicted octanol–water partition coefficient (Wildman–Crippen LogP) is 1.54. The lowest BCUT2D eigenvalue weighted by Gasteiger charge is -2.21. The number of nitrogens with two attached hydrogens (primary N) is 3. The molecule has 24 heavy (non-hydrogen) atoms. The molecule has 0 radical (unpaired) electrons. The number of anilines is 1. The Bertz CT molecular complexity index is 762. The maximum absolute atomic E-state index is 6.09. The van der Waals surface area contributed by atoms with Crippen molar-refractivity contribution in [2.24, 2.45) is 17.2 Å². The summed E-state index contributed by atoms with van der Waals surface area (Å²) in [5, 5.41) is 5.27. The van der Waals surface area contributed by atoms with E-state index in [4.69, 9.17) is 17.2 Å². The quantitative estimate of drug-likeness (QED) is 0.573. The van der Waals surface area contributed by atoms with Gasteiger partial charge >= 0.3 is 0 Å². The van der Waals surface area contributed by atoms with Gasteiger partial charge < -0.3 is 22.5 Å². The molecule has 0 bridgehead atoms. The van der Waals surface area contributed by atoms with Gasteiger partial charge in [0.1, 0.15) is 0 Å². The van der Waals surface area contributed by atoms with Crippen molar-refractivity contribution >= 4 is 23.5 Å². The minimum absolute atomic E-state index is 0.342. The Hall–Kier alpha value is -2.72. The highest BCUT2D eigenvalue weighted by atomic mass is 14.9. The average Bonchev–Trinajstić information content (AvgIpc) is 2.53. The van der Waals surface area contributed by atoms with Gasteiger partial charge in [-0.1, -0.05) is 37.5 Å². The Kier molecular flexibility index (Phi) is 7.08. The molecule has 0 fully saturated rings. The molecule has 128 valence electrons. The van der Waals surface area contributed by atoms with Crippen molar-refractivity contribution in [1.29, 1.82) is 0 Å². The predicted molar refractivity (Wildman–Crippen MR) is 107 cm³/mol. The Balaban J connectivity index is 3.62. The van der Waals surface area contributed by atoms with Crippen molar-refractivity contribution in [3.63, 3.8) is 0 Å². The zero-order chi connectivity index (χ0) is 18.2. The Morgan fingerprint density at radius 3 is 2.42 bits per heavy atom. The van der Waals surface area contributed by atoms with Crippen LogP contribution >= 0.6 is 0 Å². The molecule has 0 unspecified atom stereocenters. The maximum atomic E-state index is 6.09. The smallest absolute Gasteiger partial charge is 0.0427 e. The van der Waals surface area contributed by atoms with Gasteiger partial charge in [0.25, 0.3) is 0 Å². The summed E-state index contributed by atoms with van der Waals surface area (Å²) in [5.41, 5.74) is 20.0. The van der Waals surface area contributed by atoms with E-state index in [2.05, 4.69) is 18.5 Å². The van der Waals surface area contributed by atoms with Gasteiger partial charge in [0.05, 0.1) is 0 Å². The van der Waals surface area contributed by atoms with Gasteiger partial charge in [-0.05, 0) is 54.6 Å². The molecule has 1 aromatic rings. The van der Waals surface area contributed by atoms with Crippen LogP contribution in [0.1, 0.15) is 19.4 Å². The van der Waals surface area contributed by atoms with Crippen LogP contribution in [-0.2, 0) is 0 Å². The summed E-state index contributed by atoms with van der Waals surface area (Å²) in [6.07, 6.45) is 12.2. The largest absolute Gasteiger partial charge is 0.405 e. The third-order valence-corrected chi connectivity index (χ3v) is 3.32. The lowest BCUT2D eigenvalue weighted by atomic mass is 10.0. The first-order valence-electron chi connectivity index (χ1n) is 7.79. The van der Waals surface area contributed by atoms with E-state index in [1.165, 1.54) is 6.20 Å². The van der Waals surface area contributed by atoms with E-state index in [-0.39, 0.29) is 5.54 Å². The van der Waals surface area contributed by atoms with Crippen LogP contribution in [0.5, 0.6) is 0 Å². The molecule has 0 spiro atoms. The summed E-state index contributed by atoms with van der Waals surface area (Å²) in [6.45, 7) is 12.1. The zero-order valence-electron chi connectivity index (χ0n) is 14.5. The van der Waals surface area contributed by atoms with Gasteiger partial charge in [-0.2, -0.15) is 0 Å². The van der Waals surface area contributed by atoms with E-state index in [0.717, 1.165) is 27.3 Å². The number of benzene rings is 1. The fraction of sp³-hybridized carbons (Fsp3) is 0.200. The van der Waals surface area contributed by atoms with Crippen LogP contribution in [0.4, 0.5) is 5.69 Å². The molecule has 4 nitrogen and oxygen atoms in total. The van der Waals surface area contributed by atoms with Crippen molar-refractivity contribution in [3.8, 4) is 0 Å². The van der Waals surface area contributed by atoms with Crippen molar-refractivity contribution < 1.29 is 0 Å². The molecule has 0 heterocycles. The highest BCUT2D eigenvalue weighted by molar-refractivity contribution is 5.77. The third-order valence-electron chi connectivity index (χ3n) is 3.32. The molecular weight excluding hydrogens is 296 g/mol. The van der Waals surface area contributed by atoms with E-state index < -0.39 is 0 Å². The van der Waals surface area contributed by atoms with Crippen molar-refractivity contribution in [1.82, 2.24) is 0 Å². The molecule has 7 N–H and O–H groups in total. The van der Waals surface area contributed by atoms with Gasteiger partial charge in [0, 0.05) is 29.2 Å². The molecule has 0 atom stereocenters. The molecule has 1 aromatic carbocycles. The van der Waals surface area contributed by atoms with Gasteiger partial charge in [-0.25, -0.2) is 0 Å². The second-order valence-corrected chi connectivity index (χ2v) is 6.15. The first-order chi connectivity index (χ1) is 11.4. The summed E-state index contributed by atoms with van der Waals surface area (Å²) in [5.74, 6) is 0. The Morgan fingerprint density at radius 1 is 1.21 bits per heavy atom. The molecule has 4 heteroatoms. The molecule has 0 saturated heterocycles. The van der Waals surface area contributed by atoms with Crippen LogP contribution in [-0.4, -0.2) is 12.1 Å². The second-order valence-electron chi connectivity index (χ2n) is 6.15. The van der Waals surface area contributed by atoms with E-state index in [1.807, 2.05) is 44.2 Å². The SMILES string of the molecule is C=C/C=C(\C=C/N)c1cc(NCC(C)(C)N)c(=C/C=C)/c(=C\N)c1. The van der Waals surface area contributed by atoms with E-state index in [0.29, 0.717) is 6.54 Å². The lowest BCUT2D eigenvalue weighted by molar-refractivity contribution is 0.549. The van der Waals surface area contributed by atoms with Crippen LogP contribution in [0.2, 0.25) is 0 Å². The number of rotatable bonds is 7. The maximum Gasteiger partial charge on any atom is 0.0427 e. The summed E-state index contributed by atoms with van der Waals surface area (Å²) in [6, 6.07) is 4.05. The van der Waals surface area contributed by atoms with Gasteiger partial charge in [0.15, 0.2) is 0 Å². The summed E-state index contributed by atoms with van der Waals surface area (Å²) in [7, 11) is 0. The lowest BCUT2D eigenvalue weighted by Crippen LogP contribution is -2.41. The minimum Gasteiger partial charge on any atom is -0.405 e. The zero-order valence-corrected chi connectivity index (χ0v) is 14.5. The Morgan fingerprint density at radius 2 is 1.92 bits per heavy atom. The highest BCUT2D eigenvalue weighted by Gasteiger charge is 2.11. The topological polar surface area (TPSA) is 90.1 Å². The van der Waals surface area contributed by atoms with Crippen LogP contribution < -0.4 is 33.0 Å². The van der Waals surface area contributed by atoms with Crippen molar-refractivity contribution in [2.75, 3.05) is 11.9 Å². The first kappa shape index (κ1) is 19.3. The normalized spacial score (nSPS) is 14.2. The number of hydrogen-bond donors (Lipinski definition) is 4. The number of hydrogen-bond acceptors (Lipinski definition) is 4. The molecule has 0 saturated carbocycles. The van der Waals surface area contributed by atoms with Crippen LogP contribution in [0, 0.1) is 0 Å². The van der Waals surface area contributed by atoms with Crippen LogP contribution in [0.25, 0.3) is 17.8 Å². The molecule has 1 rings (SSSR count). The molecule has 0 aliphatic rings. The highest BCUT2D eigenvalue weighted by Crippen LogP contribution is 2.17. The van der Waals surface area contributed by atoms with E-state index in [1.54, 1.807) is 18.4 Å². The monoisotopic (exact) mass is 324 g/mol. The third kappa shape index (κ3) is 5.48. The van der Waals surface area contributed by atoms with Gasteiger partial charge in [-0.15, -0.1) is 0 Å². The average molecular weight is 324 g/mol. The fourth-order valence-electron chi connectivity index (χ4n) is 2.23. The van der Waals surface area contributed by atoms with Crippen molar-refractivity contribution in [2.45, 2.75) is 19.4 Å². The number of nitrogens with one attached hydrogen (secondary N) is 1. The van der Waals surface area contributed by atoms with E-state index in [9.17, 15) is 0 Å². The molecule has 0 amide bonds. The van der Waals surface area contributed by atoms with Crippen LogP contribution in [0.3, 0.4) is 0 Å². The molecule has 0 aliphatic heterocycles. The Labute approximate surface area is 144 Å². The summed E-state index contributed by atoms with van der Waals surface area (Å²) >= 11 is 0. The standard InChI is InChI=1S/C20H28N4/c1-5-7-15(9-10-21)16-11-17(13-22)18(8-6-2)19(12-16)24-14-20(3,4)23/h5-13,24H,1-2,14,21-23H2,3-4H3/b10-9-,15-7+,17-13-,18-8+.